The summed E-state index contributed by atoms with van der Waals surface area (Å²) in [4.78, 5) is 16.0. The quantitative estimate of drug-likeness (QED) is 0.433. The molecule has 46 heavy (non-hydrogen) atoms. The number of aliphatic hydroxyl groups excluding tert-OH is 1. The zero-order chi connectivity index (χ0) is 32.2. The van der Waals surface area contributed by atoms with Crippen LogP contribution in [-0.4, -0.2) is 74.8 Å². The summed E-state index contributed by atoms with van der Waals surface area (Å²) in [5, 5.41) is 12.0. The standard InChI is InChI=1S/C35H44ClN3O6S/c1-22-5-3-7-32(40)29-11-8-25(29)19-38-20-35(14-4-6-23-15-26(36)10-12-30(23)35)21-45-33-13-9-24(16-31(33)38)34(41)37-46(42,43)39(22)27-17-28(18-27)44-2/h3,7,9-10,12-13,15-16,22,25,27-29,32,40H,4-6,8,11,14,17-21H2,1-2H3,(H,37,41)/b7-3-/t22-,25+,27?,28?,29-,32+,35+/m1/s1. The van der Waals surface area contributed by atoms with Crippen LogP contribution in [0.2, 0.25) is 5.02 Å². The molecule has 2 saturated carbocycles. The first kappa shape index (κ1) is 31.9. The van der Waals surface area contributed by atoms with E-state index >= 15 is 0 Å². The van der Waals surface area contributed by atoms with Crippen LogP contribution in [0, 0.1) is 11.8 Å². The van der Waals surface area contributed by atoms with E-state index < -0.39 is 28.3 Å². The van der Waals surface area contributed by atoms with Gasteiger partial charge < -0.3 is 19.5 Å². The van der Waals surface area contributed by atoms with Crippen molar-refractivity contribution in [2.24, 2.45) is 11.8 Å². The number of amides is 1. The maximum atomic E-state index is 13.8. The van der Waals surface area contributed by atoms with E-state index in [1.54, 1.807) is 25.3 Å². The third-order valence-electron chi connectivity index (χ3n) is 11.2. The summed E-state index contributed by atoms with van der Waals surface area (Å²) in [7, 11) is -2.56. The van der Waals surface area contributed by atoms with Crippen molar-refractivity contribution in [1.82, 2.24) is 9.03 Å². The monoisotopic (exact) mass is 669 g/mol. The molecule has 1 amide bonds. The highest BCUT2D eigenvalue weighted by molar-refractivity contribution is 7.87. The number of aliphatic hydroxyl groups is 1. The normalized spacial score (nSPS) is 35.0. The number of aryl methyl sites for hydroxylation is 1. The minimum atomic E-state index is -4.19. The smallest absolute Gasteiger partial charge is 0.304 e. The van der Waals surface area contributed by atoms with E-state index in [0.29, 0.717) is 44.7 Å². The molecule has 2 fully saturated rings. The molecule has 7 rings (SSSR count). The second kappa shape index (κ2) is 12.4. The molecule has 248 valence electrons. The lowest BCUT2D eigenvalue weighted by atomic mass is 9.68. The maximum Gasteiger partial charge on any atom is 0.304 e. The lowest BCUT2D eigenvalue weighted by Crippen LogP contribution is -2.57. The molecule has 11 heteroatoms. The van der Waals surface area contributed by atoms with E-state index in [2.05, 4.69) is 21.8 Å². The van der Waals surface area contributed by atoms with Crippen molar-refractivity contribution in [2.45, 2.75) is 88.0 Å². The minimum Gasteiger partial charge on any atom is -0.490 e. The molecule has 2 bridgehead atoms. The highest BCUT2D eigenvalue weighted by Crippen LogP contribution is 2.47. The lowest BCUT2D eigenvalue weighted by molar-refractivity contribution is -0.0110. The summed E-state index contributed by atoms with van der Waals surface area (Å²) in [6.07, 6.45) is 9.52. The molecule has 0 radical (unpaired) electrons. The molecule has 0 saturated heterocycles. The molecule has 3 aliphatic carbocycles. The van der Waals surface area contributed by atoms with Crippen LogP contribution < -0.4 is 14.4 Å². The number of hydrogen-bond donors (Lipinski definition) is 2. The maximum absolute atomic E-state index is 13.8. The number of nitrogens with one attached hydrogen (secondary N) is 1. The summed E-state index contributed by atoms with van der Waals surface area (Å²) in [6, 6.07) is 10.7. The van der Waals surface area contributed by atoms with Crippen molar-refractivity contribution in [2.75, 3.05) is 31.7 Å². The summed E-state index contributed by atoms with van der Waals surface area (Å²) >= 11 is 6.41. The Morgan fingerprint density at radius 3 is 2.74 bits per heavy atom. The first-order chi connectivity index (χ1) is 22.1. The fourth-order valence-corrected chi connectivity index (χ4v) is 10.2. The van der Waals surface area contributed by atoms with E-state index in [1.165, 1.54) is 15.4 Å². The van der Waals surface area contributed by atoms with Crippen LogP contribution in [0.25, 0.3) is 0 Å². The molecule has 5 atom stereocenters. The predicted molar refractivity (Wildman–Crippen MR) is 178 cm³/mol. The zero-order valence-corrected chi connectivity index (χ0v) is 28.1. The van der Waals surface area contributed by atoms with Gasteiger partial charge in [0.2, 0.25) is 0 Å². The number of fused-ring (bicyclic) bond motifs is 4. The molecule has 0 unspecified atom stereocenters. The Bertz CT molecular complexity index is 1630. The topological polar surface area (TPSA) is 108 Å². The van der Waals surface area contributed by atoms with Crippen LogP contribution in [0.3, 0.4) is 0 Å². The van der Waals surface area contributed by atoms with Crippen LogP contribution >= 0.6 is 11.6 Å². The molecule has 2 heterocycles. The van der Waals surface area contributed by atoms with E-state index in [0.717, 1.165) is 42.8 Å². The minimum absolute atomic E-state index is 0.0108. The molecule has 5 aliphatic rings. The molecule has 2 aliphatic heterocycles. The van der Waals surface area contributed by atoms with Crippen molar-refractivity contribution in [3.63, 3.8) is 0 Å². The van der Waals surface area contributed by atoms with Crippen molar-refractivity contribution >= 4 is 33.4 Å². The molecule has 2 aromatic rings. The third kappa shape index (κ3) is 5.85. The van der Waals surface area contributed by atoms with Crippen molar-refractivity contribution in [1.29, 1.82) is 0 Å². The van der Waals surface area contributed by atoms with Gasteiger partial charge in [-0.15, -0.1) is 0 Å². The Kier molecular flexibility index (Phi) is 8.63. The summed E-state index contributed by atoms with van der Waals surface area (Å²) in [5.74, 6) is 0.362. The van der Waals surface area contributed by atoms with Gasteiger partial charge in [-0.05, 0) is 112 Å². The van der Waals surface area contributed by atoms with E-state index in [4.69, 9.17) is 21.1 Å². The van der Waals surface area contributed by atoms with Gasteiger partial charge in [0.05, 0.1) is 24.5 Å². The molecular formula is C35H44ClN3O6S. The number of rotatable bonds is 2. The van der Waals surface area contributed by atoms with E-state index in [9.17, 15) is 18.3 Å². The highest BCUT2D eigenvalue weighted by Gasteiger charge is 2.45. The first-order valence-corrected chi connectivity index (χ1v) is 18.4. The highest BCUT2D eigenvalue weighted by atomic mass is 35.5. The molecule has 0 aromatic heterocycles. The van der Waals surface area contributed by atoms with E-state index in [1.807, 2.05) is 25.1 Å². The number of carbonyl (C=O) groups excluding carboxylic acids is 1. The number of halogens is 1. The Labute approximate surface area is 277 Å². The van der Waals surface area contributed by atoms with Gasteiger partial charge in [-0.2, -0.15) is 12.7 Å². The van der Waals surface area contributed by atoms with Crippen molar-refractivity contribution in [3.05, 3.63) is 70.3 Å². The van der Waals surface area contributed by atoms with Gasteiger partial charge in [0.15, 0.2) is 0 Å². The average Bonchev–Trinajstić information content (AvgIpc) is 3.12. The van der Waals surface area contributed by atoms with Gasteiger partial charge in [-0.3, -0.25) is 4.79 Å². The van der Waals surface area contributed by atoms with Crippen LogP contribution in [0.4, 0.5) is 5.69 Å². The van der Waals surface area contributed by atoms with Crippen LogP contribution in [0.5, 0.6) is 5.75 Å². The summed E-state index contributed by atoms with van der Waals surface area (Å²) in [5.41, 5.74) is 3.26. The van der Waals surface area contributed by atoms with Crippen LogP contribution in [0.15, 0.2) is 48.6 Å². The SMILES string of the molecule is COC1CC(N2[C@H](C)C/C=C\[C@H](O)[C@@H]3CC[C@H]3CN3C[C@@]4(CCCc5cc(Cl)ccc54)COc4ccc(cc43)C(=O)NS2(=O)=O)C1. The number of methoxy groups -OCH3 is 1. The van der Waals surface area contributed by atoms with Gasteiger partial charge >= 0.3 is 10.2 Å². The van der Waals surface area contributed by atoms with Gasteiger partial charge in [-0.1, -0.05) is 29.8 Å². The van der Waals surface area contributed by atoms with Gasteiger partial charge in [0, 0.05) is 48.3 Å². The first-order valence-electron chi connectivity index (χ1n) is 16.6. The molecule has 1 spiro atoms. The fraction of sp³-hybridized carbons (Fsp3) is 0.571. The van der Waals surface area contributed by atoms with Gasteiger partial charge in [0.25, 0.3) is 5.91 Å². The average molecular weight is 670 g/mol. The van der Waals surface area contributed by atoms with Crippen LogP contribution in [0.1, 0.15) is 73.4 Å². The molecule has 2 N–H and O–H groups in total. The predicted octanol–water partition coefficient (Wildman–Crippen LogP) is 5.00. The number of hydrogen-bond acceptors (Lipinski definition) is 7. The van der Waals surface area contributed by atoms with Gasteiger partial charge in [-0.25, -0.2) is 4.72 Å². The van der Waals surface area contributed by atoms with Gasteiger partial charge in [0.1, 0.15) is 5.75 Å². The zero-order valence-electron chi connectivity index (χ0n) is 26.5. The Morgan fingerprint density at radius 2 is 1.98 bits per heavy atom. The number of carbonyl (C=O) groups is 1. The Hall–Kier alpha value is -2.63. The molecule has 2 aromatic carbocycles. The fourth-order valence-electron chi connectivity index (χ4n) is 8.43. The second-order valence-electron chi connectivity index (χ2n) is 14.0. The lowest BCUT2D eigenvalue weighted by Gasteiger charge is -2.45. The van der Waals surface area contributed by atoms with Crippen molar-refractivity contribution in [3.8, 4) is 5.75 Å². The number of nitrogens with zero attached hydrogens (tertiary/aromatic N) is 2. The number of anilines is 1. The molecule has 9 nitrogen and oxygen atoms in total. The number of benzene rings is 2. The van der Waals surface area contributed by atoms with Crippen LogP contribution in [-0.2, 0) is 26.8 Å². The molecular weight excluding hydrogens is 626 g/mol. The van der Waals surface area contributed by atoms with Crippen molar-refractivity contribution < 1.29 is 27.8 Å². The van der Waals surface area contributed by atoms with E-state index in [-0.39, 0.29) is 35.0 Å². The summed E-state index contributed by atoms with van der Waals surface area (Å²) in [6.45, 7) is 3.72. The summed E-state index contributed by atoms with van der Waals surface area (Å²) < 4.78 is 43.5. The number of ether oxygens (including phenoxy) is 2. The Balaban J connectivity index is 1.27. The Morgan fingerprint density at radius 1 is 1.15 bits per heavy atom. The largest absolute Gasteiger partial charge is 0.490 e. The second-order valence-corrected chi connectivity index (χ2v) is 16.1. The third-order valence-corrected chi connectivity index (χ3v) is 13.1.